The topological polar surface area (TPSA) is 9.23 Å². The highest BCUT2D eigenvalue weighted by Crippen LogP contribution is 2.20. The molecule has 73 valence electrons. The SMILES string of the molecule is C#C/C=C/CO[Si](C(C)C)C(C)C. The van der Waals surface area contributed by atoms with Gasteiger partial charge in [0.15, 0.2) is 0 Å². The van der Waals surface area contributed by atoms with Crippen LogP contribution in [0.15, 0.2) is 12.2 Å². The predicted molar refractivity (Wildman–Crippen MR) is 59.9 cm³/mol. The van der Waals surface area contributed by atoms with Gasteiger partial charge in [0.05, 0.1) is 6.61 Å². The molecule has 1 nitrogen and oxygen atoms in total. The number of hydrogen-bond acceptors (Lipinski definition) is 1. The summed E-state index contributed by atoms with van der Waals surface area (Å²) in [6, 6.07) is 0. The fourth-order valence-electron chi connectivity index (χ4n) is 1.26. The van der Waals surface area contributed by atoms with Gasteiger partial charge in [0.1, 0.15) is 0 Å². The molecule has 0 aromatic rings. The smallest absolute Gasteiger partial charge is 0.217 e. The van der Waals surface area contributed by atoms with Crippen molar-refractivity contribution in [3.63, 3.8) is 0 Å². The Labute approximate surface area is 83.9 Å². The van der Waals surface area contributed by atoms with Gasteiger partial charge in [0.2, 0.25) is 9.04 Å². The van der Waals surface area contributed by atoms with Gasteiger partial charge in [0.25, 0.3) is 0 Å². The Morgan fingerprint density at radius 3 is 2.23 bits per heavy atom. The molecular formula is C11H19OSi. The van der Waals surface area contributed by atoms with E-state index in [0.29, 0.717) is 17.7 Å². The van der Waals surface area contributed by atoms with E-state index in [1.165, 1.54) is 0 Å². The van der Waals surface area contributed by atoms with Gasteiger partial charge in [-0.3, -0.25) is 0 Å². The molecule has 0 aliphatic carbocycles. The normalized spacial score (nSPS) is 11.8. The quantitative estimate of drug-likeness (QED) is 0.484. The van der Waals surface area contributed by atoms with Gasteiger partial charge >= 0.3 is 0 Å². The molecule has 1 radical (unpaired) electrons. The van der Waals surface area contributed by atoms with Crippen LogP contribution < -0.4 is 0 Å². The minimum absolute atomic E-state index is 0.657. The Morgan fingerprint density at radius 2 is 1.85 bits per heavy atom. The monoisotopic (exact) mass is 195 g/mol. The van der Waals surface area contributed by atoms with Gasteiger partial charge in [-0.25, -0.2) is 0 Å². The lowest BCUT2D eigenvalue weighted by atomic mass is 10.5. The molecule has 0 unspecified atom stereocenters. The van der Waals surface area contributed by atoms with Crippen molar-refractivity contribution in [2.24, 2.45) is 0 Å². The Kier molecular flexibility index (Phi) is 6.66. The van der Waals surface area contributed by atoms with Crippen molar-refractivity contribution >= 4 is 9.04 Å². The number of terminal acetylenes is 1. The molecule has 0 aromatic heterocycles. The van der Waals surface area contributed by atoms with Gasteiger partial charge in [-0.2, -0.15) is 0 Å². The third-order valence-corrected chi connectivity index (χ3v) is 4.47. The second-order valence-electron chi connectivity index (χ2n) is 3.59. The molecule has 0 saturated heterocycles. The molecule has 0 rings (SSSR count). The number of hydrogen-bond donors (Lipinski definition) is 0. The zero-order valence-electron chi connectivity index (χ0n) is 9.00. The van der Waals surface area contributed by atoms with E-state index in [1.54, 1.807) is 6.08 Å². The molecular weight excluding hydrogens is 176 g/mol. The molecule has 0 atom stereocenters. The van der Waals surface area contributed by atoms with Crippen LogP contribution in [0.4, 0.5) is 0 Å². The van der Waals surface area contributed by atoms with Gasteiger partial charge in [-0.1, -0.05) is 39.7 Å². The first-order valence-corrected chi connectivity index (χ1v) is 6.26. The third-order valence-electron chi connectivity index (χ3n) is 1.70. The van der Waals surface area contributed by atoms with Crippen molar-refractivity contribution in [2.75, 3.05) is 6.61 Å². The summed E-state index contributed by atoms with van der Waals surface area (Å²) in [5.41, 5.74) is 1.31. The van der Waals surface area contributed by atoms with Crippen molar-refractivity contribution < 1.29 is 4.43 Å². The van der Waals surface area contributed by atoms with Crippen LogP contribution in [0.5, 0.6) is 0 Å². The van der Waals surface area contributed by atoms with Gasteiger partial charge in [0, 0.05) is 0 Å². The molecule has 0 aromatic carbocycles. The van der Waals surface area contributed by atoms with E-state index in [4.69, 9.17) is 10.8 Å². The fraction of sp³-hybridized carbons (Fsp3) is 0.636. The van der Waals surface area contributed by atoms with Crippen LogP contribution in [0.25, 0.3) is 0 Å². The van der Waals surface area contributed by atoms with Crippen LogP contribution in [-0.2, 0) is 4.43 Å². The molecule has 0 spiro atoms. The molecule has 0 bridgehead atoms. The Bertz CT molecular complexity index is 181. The summed E-state index contributed by atoms with van der Waals surface area (Å²) in [5.74, 6) is 2.45. The van der Waals surface area contributed by atoms with Crippen molar-refractivity contribution in [1.82, 2.24) is 0 Å². The number of allylic oxidation sites excluding steroid dienone is 1. The van der Waals surface area contributed by atoms with E-state index < -0.39 is 9.04 Å². The largest absolute Gasteiger partial charge is 0.412 e. The Morgan fingerprint density at radius 1 is 1.31 bits per heavy atom. The van der Waals surface area contributed by atoms with Crippen LogP contribution in [0, 0.1) is 12.3 Å². The first-order chi connectivity index (χ1) is 6.09. The maximum Gasteiger partial charge on any atom is 0.217 e. The van der Waals surface area contributed by atoms with E-state index >= 15 is 0 Å². The summed E-state index contributed by atoms with van der Waals surface area (Å²) in [6.45, 7) is 9.55. The summed E-state index contributed by atoms with van der Waals surface area (Å²) < 4.78 is 5.79. The summed E-state index contributed by atoms with van der Waals surface area (Å²) in [5, 5.41) is 0. The molecule has 0 aliphatic rings. The van der Waals surface area contributed by atoms with Crippen LogP contribution in [0.3, 0.4) is 0 Å². The van der Waals surface area contributed by atoms with E-state index in [2.05, 4.69) is 33.6 Å². The second-order valence-corrected chi connectivity index (χ2v) is 6.99. The molecule has 0 heterocycles. The summed E-state index contributed by atoms with van der Waals surface area (Å²) >= 11 is 0. The van der Waals surface area contributed by atoms with Crippen LogP contribution in [0.2, 0.25) is 11.1 Å². The highest BCUT2D eigenvalue weighted by atomic mass is 28.3. The lowest BCUT2D eigenvalue weighted by Crippen LogP contribution is -2.25. The lowest BCUT2D eigenvalue weighted by Gasteiger charge is -2.21. The summed E-state index contributed by atoms with van der Waals surface area (Å²) in [4.78, 5) is 0. The van der Waals surface area contributed by atoms with Crippen LogP contribution >= 0.6 is 0 Å². The highest BCUT2D eigenvalue weighted by Gasteiger charge is 2.21. The molecule has 0 N–H and O–H groups in total. The first-order valence-electron chi connectivity index (χ1n) is 4.70. The Balaban J connectivity index is 3.85. The van der Waals surface area contributed by atoms with Crippen molar-refractivity contribution in [1.29, 1.82) is 0 Å². The third kappa shape index (κ3) is 5.68. The second kappa shape index (κ2) is 6.94. The van der Waals surface area contributed by atoms with Gasteiger partial charge < -0.3 is 4.43 Å². The average Bonchev–Trinajstić information content (AvgIpc) is 2.02. The predicted octanol–water partition coefficient (Wildman–Crippen LogP) is 3.00. The van der Waals surface area contributed by atoms with Crippen molar-refractivity contribution in [2.45, 2.75) is 38.8 Å². The maximum atomic E-state index is 5.79. The zero-order chi connectivity index (χ0) is 10.3. The van der Waals surface area contributed by atoms with E-state index in [1.807, 2.05) is 6.08 Å². The molecule has 13 heavy (non-hydrogen) atoms. The molecule has 0 amide bonds. The Hall–Kier alpha value is -0.523. The van der Waals surface area contributed by atoms with E-state index in [-0.39, 0.29) is 0 Å². The van der Waals surface area contributed by atoms with Gasteiger partial charge in [-0.05, 0) is 17.2 Å². The highest BCUT2D eigenvalue weighted by molar-refractivity contribution is 6.54. The van der Waals surface area contributed by atoms with E-state index in [0.717, 1.165) is 0 Å². The van der Waals surface area contributed by atoms with Crippen molar-refractivity contribution in [3.8, 4) is 12.3 Å². The lowest BCUT2D eigenvalue weighted by molar-refractivity contribution is 0.351. The molecule has 0 aliphatic heterocycles. The fourth-order valence-corrected chi connectivity index (χ4v) is 3.55. The summed E-state index contributed by atoms with van der Waals surface area (Å²) in [7, 11) is -0.679. The number of rotatable bonds is 5. The summed E-state index contributed by atoms with van der Waals surface area (Å²) in [6.07, 6.45) is 8.67. The molecule has 0 fully saturated rings. The molecule has 2 heteroatoms. The van der Waals surface area contributed by atoms with Gasteiger partial charge in [-0.15, -0.1) is 6.42 Å². The minimum atomic E-state index is -0.679. The minimum Gasteiger partial charge on any atom is -0.412 e. The van der Waals surface area contributed by atoms with Crippen LogP contribution in [-0.4, -0.2) is 15.6 Å². The standard InChI is InChI=1S/C11H19OSi/c1-6-7-8-9-12-13(10(2)3)11(4)5/h1,7-8,10-11H,9H2,2-5H3/b8-7+. The zero-order valence-corrected chi connectivity index (χ0v) is 10.0. The van der Waals surface area contributed by atoms with E-state index in [9.17, 15) is 0 Å². The van der Waals surface area contributed by atoms with Crippen molar-refractivity contribution in [3.05, 3.63) is 12.2 Å². The molecule has 0 saturated carbocycles. The van der Waals surface area contributed by atoms with Crippen LogP contribution in [0.1, 0.15) is 27.7 Å². The maximum absolute atomic E-state index is 5.79. The average molecular weight is 195 g/mol. The first kappa shape index (κ1) is 12.5.